The molecule has 3 amide bonds. The third-order valence-corrected chi connectivity index (χ3v) is 11.0. The second-order valence-corrected chi connectivity index (χ2v) is 15.9. The first kappa shape index (κ1) is 50.2. The molecule has 0 spiro atoms. The number of carbonyl (C=O) groups is 3. The van der Waals surface area contributed by atoms with Gasteiger partial charge < -0.3 is 41.3 Å². The average molecular weight is 769 g/mol. The summed E-state index contributed by atoms with van der Waals surface area (Å²) < 4.78 is 6.11. The number of hydrogen-bond acceptors (Lipinski definition) is 8. The zero-order valence-electron chi connectivity index (χ0n) is 34.9. The van der Waals surface area contributed by atoms with Crippen LogP contribution >= 0.6 is 0 Å². The van der Waals surface area contributed by atoms with Crippen LogP contribution in [0.15, 0.2) is 0 Å². The van der Waals surface area contributed by atoms with Gasteiger partial charge in [-0.05, 0) is 19.8 Å². The van der Waals surface area contributed by atoms with Gasteiger partial charge in [0.2, 0.25) is 17.7 Å². The summed E-state index contributed by atoms with van der Waals surface area (Å²) >= 11 is 0. The Kier molecular flexibility index (Phi) is 31.0. The molecule has 0 aromatic heterocycles. The van der Waals surface area contributed by atoms with Gasteiger partial charge in [-0.15, -0.1) is 0 Å². The van der Waals surface area contributed by atoms with Gasteiger partial charge in [0.05, 0.1) is 13.2 Å². The van der Waals surface area contributed by atoms with Gasteiger partial charge in [-0.3, -0.25) is 14.4 Å². The number of nitrogens with one attached hydrogen (secondary N) is 2. The molecule has 1 heterocycles. The Morgan fingerprint density at radius 3 is 1.46 bits per heavy atom. The summed E-state index contributed by atoms with van der Waals surface area (Å²) in [5, 5.41) is 37.1. The molecule has 1 aliphatic rings. The highest BCUT2D eigenvalue weighted by Gasteiger charge is 2.48. The van der Waals surface area contributed by atoms with E-state index >= 15 is 0 Å². The number of ether oxygens (including phenoxy) is 1. The van der Waals surface area contributed by atoms with Gasteiger partial charge in [-0.1, -0.05) is 174 Å². The molecule has 11 nitrogen and oxygen atoms in total. The normalized spacial score (nSPS) is 20.5. The van der Waals surface area contributed by atoms with Crippen molar-refractivity contribution in [2.24, 2.45) is 5.73 Å². The van der Waals surface area contributed by atoms with E-state index in [-0.39, 0.29) is 12.5 Å². The molecule has 318 valence electrons. The molecule has 0 radical (unpaired) electrons. The number of carbonyl (C=O) groups excluding carboxylic acids is 3. The first-order valence-electron chi connectivity index (χ1n) is 22.4. The van der Waals surface area contributed by atoms with Crippen molar-refractivity contribution in [3.8, 4) is 0 Å². The highest BCUT2D eigenvalue weighted by atomic mass is 16.5. The van der Waals surface area contributed by atoms with E-state index in [2.05, 4.69) is 24.5 Å². The number of aliphatic hydroxyl groups is 3. The zero-order chi connectivity index (χ0) is 39.8. The monoisotopic (exact) mass is 769 g/mol. The van der Waals surface area contributed by atoms with E-state index in [4.69, 9.17) is 10.5 Å². The largest absolute Gasteiger partial charge is 0.394 e. The van der Waals surface area contributed by atoms with Gasteiger partial charge >= 0.3 is 0 Å². The number of hydrogen-bond donors (Lipinski definition) is 6. The lowest BCUT2D eigenvalue weighted by Gasteiger charge is -2.47. The predicted molar refractivity (Wildman–Crippen MR) is 219 cm³/mol. The smallest absolute Gasteiger partial charge is 0.242 e. The maximum atomic E-state index is 13.9. The summed E-state index contributed by atoms with van der Waals surface area (Å²) in [6.45, 7) is 5.51. The molecule has 1 fully saturated rings. The molecular weight excluding hydrogens is 684 g/mol. The first-order valence-corrected chi connectivity index (χ1v) is 22.4. The van der Waals surface area contributed by atoms with E-state index in [1.165, 1.54) is 129 Å². The third-order valence-electron chi connectivity index (χ3n) is 11.0. The summed E-state index contributed by atoms with van der Waals surface area (Å²) in [7, 11) is 0. The highest BCUT2D eigenvalue weighted by Crippen LogP contribution is 2.26. The number of nitrogens with zero attached hydrogens (tertiary/aromatic N) is 1. The van der Waals surface area contributed by atoms with Crippen molar-refractivity contribution >= 4 is 17.7 Å². The molecule has 0 aromatic rings. The molecule has 0 aromatic carbocycles. The van der Waals surface area contributed by atoms with Gasteiger partial charge in [0, 0.05) is 13.0 Å². The number of nitrogens with two attached hydrogens (primary N) is 1. The van der Waals surface area contributed by atoms with Crippen molar-refractivity contribution in [3.05, 3.63) is 0 Å². The molecule has 54 heavy (non-hydrogen) atoms. The van der Waals surface area contributed by atoms with Crippen LogP contribution in [0.1, 0.15) is 201 Å². The molecule has 0 bridgehead atoms. The molecule has 11 heteroatoms. The Hall–Kier alpha value is -1.79. The Morgan fingerprint density at radius 1 is 0.648 bits per heavy atom. The van der Waals surface area contributed by atoms with E-state index < -0.39 is 55.0 Å². The van der Waals surface area contributed by atoms with Crippen LogP contribution in [-0.2, 0) is 19.1 Å². The van der Waals surface area contributed by atoms with Crippen LogP contribution in [0.2, 0.25) is 0 Å². The summed E-state index contributed by atoms with van der Waals surface area (Å²) in [6.07, 6.45) is 27.8. The van der Waals surface area contributed by atoms with E-state index in [0.717, 1.165) is 51.4 Å². The Bertz CT molecular complexity index is 941. The second kappa shape index (κ2) is 33.4. The van der Waals surface area contributed by atoms with Crippen molar-refractivity contribution < 1.29 is 34.4 Å². The molecular formula is C43H84N4O7. The van der Waals surface area contributed by atoms with E-state index in [1.54, 1.807) is 4.90 Å². The highest BCUT2D eigenvalue weighted by molar-refractivity contribution is 5.88. The topological polar surface area (TPSA) is 174 Å². The molecule has 7 N–H and O–H groups in total. The molecule has 0 saturated carbocycles. The van der Waals surface area contributed by atoms with Crippen molar-refractivity contribution in [3.63, 3.8) is 0 Å². The van der Waals surface area contributed by atoms with Crippen molar-refractivity contribution in [1.29, 1.82) is 0 Å². The maximum absolute atomic E-state index is 13.9. The van der Waals surface area contributed by atoms with Gasteiger partial charge in [0.15, 0.2) is 6.23 Å². The minimum absolute atomic E-state index is 0.137. The minimum Gasteiger partial charge on any atom is -0.394 e. The summed E-state index contributed by atoms with van der Waals surface area (Å²) in [4.78, 5) is 40.5. The number of amides is 3. The van der Waals surface area contributed by atoms with Crippen molar-refractivity contribution in [1.82, 2.24) is 15.5 Å². The molecule has 6 atom stereocenters. The van der Waals surface area contributed by atoms with Gasteiger partial charge in [0.25, 0.3) is 0 Å². The average Bonchev–Trinajstić information content (AvgIpc) is 3.17. The SMILES string of the molecule is CCCCCCCCCCCCCCCCCC(=O)N(CCCCCCCCCCCCCC)[C@@H]1O[C@H](CO)[C@@H](O)[C@H](O)[C@H]1NC(=O)[C@H](C)NC(=O)CN. The minimum atomic E-state index is -1.51. The van der Waals surface area contributed by atoms with Crippen LogP contribution in [0.5, 0.6) is 0 Å². The molecule has 0 aliphatic carbocycles. The van der Waals surface area contributed by atoms with Gasteiger partial charge in [-0.25, -0.2) is 0 Å². The maximum Gasteiger partial charge on any atom is 0.242 e. The fourth-order valence-corrected chi connectivity index (χ4v) is 7.48. The van der Waals surface area contributed by atoms with Crippen LogP contribution in [0, 0.1) is 0 Å². The van der Waals surface area contributed by atoms with Crippen LogP contribution in [-0.4, -0.2) is 94.3 Å². The van der Waals surface area contributed by atoms with E-state index in [1.807, 2.05) is 0 Å². The van der Waals surface area contributed by atoms with E-state index in [9.17, 15) is 29.7 Å². The van der Waals surface area contributed by atoms with Crippen LogP contribution < -0.4 is 16.4 Å². The lowest BCUT2D eigenvalue weighted by molar-refractivity contribution is -0.231. The Labute approximate surface area is 329 Å². The summed E-state index contributed by atoms with van der Waals surface area (Å²) in [5.74, 6) is -1.26. The van der Waals surface area contributed by atoms with Gasteiger partial charge in [-0.2, -0.15) is 0 Å². The lowest BCUT2D eigenvalue weighted by atomic mass is 9.94. The summed E-state index contributed by atoms with van der Waals surface area (Å²) in [6, 6.07) is -2.14. The second-order valence-electron chi connectivity index (χ2n) is 15.9. The third kappa shape index (κ3) is 22.7. The van der Waals surface area contributed by atoms with E-state index in [0.29, 0.717) is 13.0 Å². The lowest BCUT2D eigenvalue weighted by Crippen LogP contribution is -2.69. The van der Waals surface area contributed by atoms with Crippen molar-refractivity contribution in [2.75, 3.05) is 19.7 Å². The standard InChI is InChI=1S/C43H84N4O7/c1-4-6-8-10-12-14-16-18-19-20-21-23-25-27-29-31-38(50)47(32-30-28-26-24-22-17-15-13-11-9-7-5-2)43-39(41(52)40(51)36(34-48)54-43)46-42(53)35(3)45-37(49)33-44/h35-36,39-41,43,48,51-52H,4-34,44H2,1-3H3,(H,45,49)(H,46,53)/t35-,36+,39+,40+,41+,43+/m0/s1. The quantitative estimate of drug-likeness (QED) is 0.0368. The first-order chi connectivity index (χ1) is 26.2. The molecule has 1 aliphatic heterocycles. The number of unbranched alkanes of at least 4 members (excludes halogenated alkanes) is 25. The summed E-state index contributed by atoms with van der Waals surface area (Å²) in [5.41, 5.74) is 5.40. The van der Waals surface area contributed by atoms with Crippen molar-refractivity contribution in [2.45, 2.75) is 237 Å². The number of rotatable bonds is 35. The van der Waals surface area contributed by atoms with Crippen LogP contribution in [0.4, 0.5) is 0 Å². The number of aliphatic hydroxyl groups excluding tert-OH is 3. The molecule has 1 saturated heterocycles. The fraction of sp³-hybridized carbons (Fsp3) is 0.930. The zero-order valence-corrected chi connectivity index (χ0v) is 34.9. The van der Waals surface area contributed by atoms with Crippen LogP contribution in [0.25, 0.3) is 0 Å². The van der Waals surface area contributed by atoms with Crippen LogP contribution in [0.3, 0.4) is 0 Å². The molecule has 0 unspecified atom stereocenters. The molecule has 1 rings (SSSR count). The predicted octanol–water partition coefficient (Wildman–Crippen LogP) is 7.16. The Balaban J connectivity index is 2.73. The fourth-order valence-electron chi connectivity index (χ4n) is 7.48. The van der Waals surface area contributed by atoms with Gasteiger partial charge in [0.1, 0.15) is 30.4 Å². The Morgan fingerprint density at radius 2 is 1.06 bits per heavy atom.